The molecule has 1 heterocycles. The highest BCUT2D eigenvalue weighted by Gasteiger charge is 2.72. The van der Waals surface area contributed by atoms with Crippen LogP contribution in [0.2, 0.25) is 0 Å². The number of hydrogen-bond donors (Lipinski definition) is 0. The Morgan fingerprint density at radius 3 is 1.53 bits per heavy atom. The predicted octanol–water partition coefficient (Wildman–Crippen LogP) is 6.38. The van der Waals surface area contributed by atoms with Gasteiger partial charge in [-0.25, -0.2) is 0 Å². The molecule has 0 aromatic rings. The maximum absolute atomic E-state index is 14.5. The van der Waals surface area contributed by atoms with Gasteiger partial charge in [0.1, 0.15) is 5.76 Å². The standard InChI is InChI=1S/C28H44O4/c1-24(2,3)15-13-16(25(4,5)6)20-19(15)22(30)28(23(31)32-20)18(27(10,11)12)14-17(21(28)29)26(7,8)9/h15-18H,13-14H2,1-12H3/t15-,16+,17-,18-,28+/m1/s1. The third kappa shape index (κ3) is 3.51. The smallest absolute Gasteiger partial charge is 0.333 e. The van der Waals surface area contributed by atoms with Crippen LogP contribution >= 0.6 is 0 Å². The molecular weight excluding hydrogens is 400 g/mol. The molecule has 0 unspecified atom stereocenters. The van der Waals surface area contributed by atoms with Crippen LogP contribution in [0.15, 0.2) is 11.3 Å². The zero-order valence-corrected chi connectivity index (χ0v) is 22.4. The first-order valence-corrected chi connectivity index (χ1v) is 12.2. The molecule has 0 aromatic carbocycles. The van der Waals surface area contributed by atoms with Crippen LogP contribution in [0.1, 0.15) is 95.9 Å². The maximum Gasteiger partial charge on any atom is 0.333 e. The lowest BCUT2D eigenvalue weighted by molar-refractivity contribution is -0.168. The second kappa shape index (κ2) is 7.03. The quantitative estimate of drug-likeness (QED) is 0.321. The summed E-state index contributed by atoms with van der Waals surface area (Å²) in [5.41, 5.74) is -2.14. The number of rotatable bonds is 0. The number of carbonyl (C=O) groups is 3. The second-order valence-electron chi connectivity index (χ2n) is 14.8. The van der Waals surface area contributed by atoms with Gasteiger partial charge in [0.15, 0.2) is 17.0 Å². The third-order valence-corrected chi connectivity index (χ3v) is 8.41. The Kier molecular flexibility index (Phi) is 5.53. The Labute approximate surface area is 194 Å². The van der Waals surface area contributed by atoms with Crippen molar-refractivity contribution < 1.29 is 19.1 Å². The number of hydrogen-bond acceptors (Lipinski definition) is 4. The van der Waals surface area contributed by atoms with Gasteiger partial charge in [0.2, 0.25) is 0 Å². The van der Waals surface area contributed by atoms with Gasteiger partial charge < -0.3 is 4.74 Å². The Bertz CT molecular complexity index is 878. The Morgan fingerprint density at radius 2 is 1.12 bits per heavy atom. The van der Waals surface area contributed by atoms with E-state index in [1.165, 1.54) is 0 Å². The third-order valence-electron chi connectivity index (χ3n) is 8.41. The summed E-state index contributed by atoms with van der Waals surface area (Å²) < 4.78 is 6.14. The Hall–Kier alpha value is -1.45. The van der Waals surface area contributed by atoms with Crippen LogP contribution in [0.25, 0.3) is 0 Å². The fourth-order valence-electron chi connectivity index (χ4n) is 6.46. The van der Waals surface area contributed by atoms with Crippen molar-refractivity contribution in [1.29, 1.82) is 0 Å². The van der Waals surface area contributed by atoms with Crippen molar-refractivity contribution in [3.63, 3.8) is 0 Å². The van der Waals surface area contributed by atoms with Gasteiger partial charge in [-0.15, -0.1) is 0 Å². The minimum Gasteiger partial charge on any atom is -0.429 e. The molecule has 180 valence electrons. The molecule has 0 saturated heterocycles. The van der Waals surface area contributed by atoms with Crippen LogP contribution in [0.4, 0.5) is 0 Å². The van der Waals surface area contributed by atoms with E-state index >= 15 is 0 Å². The highest BCUT2D eigenvalue weighted by molar-refractivity contribution is 6.30. The second-order valence-corrected chi connectivity index (χ2v) is 14.8. The number of ether oxygens (including phenoxy) is 1. The van der Waals surface area contributed by atoms with Crippen molar-refractivity contribution in [3.05, 3.63) is 11.3 Å². The molecule has 1 saturated carbocycles. The lowest BCUT2D eigenvalue weighted by Gasteiger charge is -2.42. The van der Waals surface area contributed by atoms with Gasteiger partial charge in [0.05, 0.1) is 0 Å². The first kappa shape index (κ1) is 25.2. The minimum atomic E-state index is -1.72. The van der Waals surface area contributed by atoms with Crippen LogP contribution < -0.4 is 0 Å². The molecule has 5 atom stereocenters. The normalized spacial score (nSPS) is 34.4. The molecule has 2 aliphatic carbocycles. The fraction of sp³-hybridized carbons (Fsp3) is 0.821. The highest BCUT2D eigenvalue weighted by atomic mass is 16.5. The average molecular weight is 445 g/mol. The first-order chi connectivity index (χ1) is 14.2. The van der Waals surface area contributed by atoms with Crippen molar-refractivity contribution in [2.24, 2.45) is 50.7 Å². The molecule has 1 fully saturated rings. The van der Waals surface area contributed by atoms with E-state index in [1.54, 1.807) is 0 Å². The fourth-order valence-corrected chi connectivity index (χ4v) is 6.46. The van der Waals surface area contributed by atoms with E-state index < -0.39 is 11.4 Å². The van der Waals surface area contributed by atoms with Gasteiger partial charge in [-0.05, 0) is 46.3 Å². The predicted molar refractivity (Wildman–Crippen MR) is 127 cm³/mol. The molecule has 0 N–H and O–H groups in total. The number of allylic oxidation sites excluding steroid dienone is 2. The Balaban J connectivity index is 2.29. The summed E-state index contributed by atoms with van der Waals surface area (Å²) in [4.78, 5) is 42.5. The van der Waals surface area contributed by atoms with Crippen LogP contribution in [0.3, 0.4) is 0 Å². The maximum atomic E-state index is 14.5. The topological polar surface area (TPSA) is 60.4 Å². The summed E-state index contributed by atoms with van der Waals surface area (Å²) in [5.74, 6) is -1.35. The molecule has 1 aliphatic heterocycles. The number of carbonyl (C=O) groups excluding carboxylic acids is 3. The molecule has 0 bridgehead atoms. The summed E-state index contributed by atoms with van der Waals surface area (Å²) in [6.07, 6.45) is 1.31. The van der Waals surface area contributed by atoms with Crippen LogP contribution in [0, 0.1) is 50.7 Å². The molecule has 1 spiro atoms. The van der Waals surface area contributed by atoms with Crippen molar-refractivity contribution in [1.82, 2.24) is 0 Å². The molecule has 3 aliphatic rings. The minimum absolute atomic E-state index is 0.0185. The van der Waals surface area contributed by atoms with Gasteiger partial charge in [-0.1, -0.05) is 83.1 Å². The number of Topliss-reactive ketones (excluding diaryl/α,β-unsaturated/α-hetero) is 2. The molecule has 0 aromatic heterocycles. The average Bonchev–Trinajstić information content (AvgIpc) is 3.08. The lowest BCUT2D eigenvalue weighted by Crippen LogP contribution is -2.56. The van der Waals surface area contributed by atoms with Gasteiger partial charge in [0.25, 0.3) is 0 Å². The zero-order chi connectivity index (χ0) is 24.8. The number of ketones is 2. The summed E-state index contributed by atoms with van der Waals surface area (Å²) >= 11 is 0. The first-order valence-electron chi connectivity index (χ1n) is 12.2. The van der Waals surface area contributed by atoms with Crippen LogP contribution in [-0.2, 0) is 19.1 Å². The van der Waals surface area contributed by atoms with Crippen molar-refractivity contribution in [2.45, 2.75) is 95.9 Å². The SMILES string of the molecule is CC(C)(C)[C@@H]1C[C@H](C(C)(C)C)[C@]2(C(=O)OC3=C(C2=O)[C@H](C(C)(C)C)C[C@@H]3C(C)(C)C)C1=O. The number of esters is 1. The van der Waals surface area contributed by atoms with Gasteiger partial charge >= 0.3 is 5.97 Å². The zero-order valence-electron chi connectivity index (χ0n) is 22.4. The molecule has 32 heavy (non-hydrogen) atoms. The highest BCUT2D eigenvalue weighted by Crippen LogP contribution is 2.63. The Morgan fingerprint density at radius 1 is 0.656 bits per heavy atom. The van der Waals surface area contributed by atoms with Crippen molar-refractivity contribution in [3.8, 4) is 0 Å². The molecule has 0 amide bonds. The van der Waals surface area contributed by atoms with Crippen LogP contribution in [-0.4, -0.2) is 17.5 Å². The van der Waals surface area contributed by atoms with E-state index in [0.717, 1.165) is 6.42 Å². The van der Waals surface area contributed by atoms with E-state index in [2.05, 4.69) is 41.5 Å². The lowest BCUT2D eigenvalue weighted by atomic mass is 9.60. The van der Waals surface area contributed by atoms with E-state index in [0.29, 0.717) is 17.8 Å². The van der Waals surface area contributed by atoms with E-state index in [1.807, 2.05) is 41.5 Å². The molecule has 3 rings (SSSR count). The summed E-state index contributed by atoms with van der Waals surface area (Å²) in [6, 6.07) is 0. The molecular formula is C28H44O4. The largest absolute Gasteiger partial charge is 0.429 e. The summed E-state index contributed by atoms with van der Waals surface area (Å²) in [5, 5.41) is 0. The van der Waals surface area contributed by atoms with Gasteiger partial charge in [0, 0.05) is 17.4 Å². The molecule has 4 heteroatoms. The monoisotopic (exact) mass is 444 g/mol. The van der Waals surface area contributed by atoms with E-state index in [9.17, 15) is 14.4 Å². The van der Waals surface area contributed by atoms with Crippen LogP contribution in [0.5, 0.6) is 0 Å². The van der Waals surface area contributed by atoms with Gasteiger partial charge in [-0.2, -0.15) is 0 Å². The van der Waals surface area contributed by atoms with E-state index in [4.69, 9.17) is 4.74 Å². The molecule has 0 radical (unpaired) electrons. The summed E-state index contributed by atoms with van der Waals surface area (Å²) in [7, 11) is 0. The summed E-state index contributed by atoms with van der Waals surface area (Å²) in [6.45, 7) is 25.0. The van der Waals surface area contributed by atoms with Crippen molar-refractivity contribution >= 4 is 17.5 Å². The van der Waals surface area contributed by atoms with E-state index in [-0.39, 0.29) is 56.9 Å². The molecule has 4 nitrogen and oxygen atoms in total. The van der Waals surface area contributed by atoms with Crippen molar-refractivity contribution in [2.75, 3.05) is 0 Å². The van der Waals surface area contributed by atoms with Gasteiger partial charge in [-0.3, -0.25) is 14.4 Å².